The van der Waals surface area contributed by atoms with Crippen molar-refractivity contribution in [3.8, 4) is 0 Å². The molecule has 10 heavy (non-hydrogen) atoms. The number of hydrogen-bond acceptors (Lipinski definition) is 2. The zero-order valence-electron chi connectivity index (χ0n) is 5.98. The Bertz CT molecular complexity index is 141. The van der Waals surface area contributed by atoms with Crippen LogP contribution in [0.15, 0.2) is 0 Å². The summed E-state index contributed by atoms with van der Waals surface area (Å²) in [5.74, 6) is 0. The Labute approximate surface area is 59.6 Å². The first-order valence-electron chi connectivity index (χ1n) is 3.34. The Hall–Kier alpha value is -0.770. The zero-order valence-corrected chi connectivity index (χ0v) is 5.98. The highest BCUT2D eigenvalue weighted by molar-refractivity contribution is 5.65. The molecule has 1 fully saturated rings. The fourth-order valence-electron chi connectivity index (χ4n) is 1.18. The first-order valence-corrected chi connectivity index (χ1v) is 3.34. The third kappa shape index (κ3) is 1.60. The lowest BCUT2D eigenvalue weighted by atomic mass is 10.0. The van der Waals surface area contributed by atoms with Crippen molar-refractivity contribution in [2.75, 3.05) is 13.1 Å². The summed E-state index contributed by atoms with van der Waals surface area (Å²) >= 11 is 0. The molecule has 1 saturated heterocycles. The minimum absolute atomic E-state index is 0.244. The van der Waals surface area contributed by atoms with E-state index in [1.807, 2.05) is 6.92 Å². The van der Waals surface area contributed by atoms with Crippen LogP contribution in [0.2, 0.25) is 0 Å². The molecule has 0 aromatic rings. The quantitative estimate of drug-likeness (QED) is 0.485. The highest BCUT2D eigenvalue weighted by Gasteiger charge is 2.29. The molecule has 0 radical (unpaired) electrons. The Morgan fingerprint density at radius 1 is 1.80 bits per heavy atom. The predicted octanol–water partition coefficient (Wildman–Crippen LogP) is 0.00600. The second-order valence-electron chi connectivity index (χ2n) is 2.92. The van der Waals surface area contributed by atoms with E-state index in [2.05, 4.69) is 10.6 Å². The highest BCUT2D eigenvalue weighted by Crippen LogP contribution is 2.12. The summed E-state index contributed by atoms with van der Waals surface area (Å²) in [7, 11) is 0. The second kappa shape index (κ2) is 2.46. The van der Waals surface area contributed by atoms with Gasteiger partial charge in [0.2, 0.25) is 0 Å². The number of hydrogen-bond donors (Lipinski definition) is 3. The van der Waals surface area contributed by atoms with Crippen LogP contribution >= 0.6 is 0 Å². The molecule has 0 aromatic carbocycles. The first-order chi connectivity index (χ1) is 4.62. The maximum absolute atomic E-state index is 10.2. The highest BCUT2D eigenvalue weighted by atomic mass is 16.4. The second-order valence-corrected chi connectivity index (χ2v) is 2.92. The number of amides is 1. The SMILES string of the molecule is CC1(NC(=O)O)CCNC1. The molecule has 4 nitrogen and oxygen atoms in total. The molecule has 1 unspecified atom stereocenters. The third-order valence-electron chi connectivity index (χ3n) is 1.78. The molecule has 3 N–H and O–H groups in total. The lowest BCUT2D eigenvalue weighted by molar-refractivity contribution is 0.182. The van der Waals surface area contributed by atoms with Gasteiger partial charge in [0.1, 0.15) is 0 Å². The summed E-state index contributed by atoms with van der Waals surface area (Å²) in [6.45, 7) is 3.54. The van der Waals surface area contributed by atoms with Gasteiger partial charge < -0.3 is 15.7 Å². The van der Waals surface area contributed by atoms with Crippen molar-refractivity contribution in [1.29, 1.82) is 0 Å². The van der Waals surface area contributed by atoms with Gasteiger partial charge in [-0.25, -0.2) is 4.79 Å². The van der Waals surface area contributed by atoms with E-state index in [4.69, 9.17) is 5.11 Å². The van der Waals surface area contributed by atoms with Crippen molar-refractivity contribution in [3.05, 3.63) is 0 Å². The molecule has 0 saturated carbocycles. The van der Waals surface area contributed by atoms with E-state index in [1.54, 1.807) is 0 Å². The van der Waals surface area contributed by atoms with Crippen molar-refractivity contribution >= 4 is 6.09 Å². The molecule has 1 atom stereocenters. The van der Waals surface area contributed by atoms with Crippen LogP contribution in [-0.4, -0.2) is 29.8 Å². The molecule has 0 bridgehead atoms. The van der Waals surface area contributed by atoms with Crippen LogP contribution in [0, 0.1) is 0 Å². The normalized spacial score (nSPS) is 32.1. The lowest BCUT2D eigenvalue weighted by Crippen LogP contribution is -2.46. The van der Waals surface area contributed by atoms with Gasteiger partial charge in [-0.3, -0.25) is 0 Å². The number of rotatable bonds is 1. The molecule has 1 aliphatic rings. The van der Waals surface area contributed by atoms with Crippen molar-refractivity contribution in [1.82, 2.24) is 10.6 Å². The van der Waals surface area contributed by atoms with E-state index < -0.39 is 6.09 Å². The molecule has 4 heteroatoms. The van der Waals surface area contributed by atoms with Crippen LogP contribution in [0.1, 0.15) is 13.3 Å². The smallest absolute Gasteiger partial charge is 0.405 e. The van der Waals surface area contributed by atoms with Gasteiger partial charge >= 0.3 is 6.09 Å². The van der Waals surface area contributed by atoms with Crippen LogP contribution in [0.4, 0.5) is 4.79 Å². The molecule has 1 aliphatic heterocycles. The van der Waals surface area contributed by atoms with E-state index in [9.17, 15) is 4.79 Å². The van der Waals surface area contributed by atoms with Gasteiger partial charge in [-0.2, -0.15) is 0 Å². The predicted molar refractivity (Wildman–Crippen MR) is 37.1 cm³/mol. The monoisotopic (exact) mass is 144 g/mol. The largest absolute Gasteiger partial charge is 0.465 e. The summed E-state index contributed by atoms with van der Waals surface area (Å²) in [5, 5.41) is 14.0. The van der Waals surface area contributed by atoms with Gasteiger partial charge in [0.05, 0.1) is 5.54 Å². The molecule has 1 amide bonds. The van der Waals surface area contributed by atoms with Crippen LogP contribution in [0.25, 0.3) is 0 Å². The fraction of sp³-hybridized carbons (Fsp3) is 0.833. The zero-order chi connectivity index (χ0) is 7.61. The lowest BCUT2D eigenvalue weighted by Gasteiger charge is -2.21. The number of nitrogens with one attached hydrogen (secondary N) is 2. The van der Waals surface area contributed by atoms with E-state index in [0.29, 0.717) is 0 Å². The summed E-state index contributed by atoms with van der Waals surface area (Å²) < 4.78 is 0. The van der Waals surface area contributed by atoms with Gasteiger partial charge in [-0.05, 0) is 19.9 Å². The minimum Gasteiger partial charge on any atom is -0.465 e. The van der Waals surface area contributed by atoms with E-state index in [1.165, 1.54) is 0 Å². The minimum atomic E-state index is -0.939. The molecule has 58 valence electrons. The Balaban J connectivity index is 2.43. The molecular formula is C6H12N2O2. The Morgan fingerprint density at radius 2 is 2.50 bits per heavy atom. The van der Waals surface area contributed by atoms with Gasteiger partial charge in [-0.1, -0.05) is 0 Å². The van der Waals surface area contributed by atoms with Crippen LogP contribution in [0.3, 0.4) is 0 Å². The maximum atomic E-state index is 10.2. The van der Waals surface area contributed by atoms with E-state index in [-0.39, 0.29) is 5.54 Å². The summed E-state index contributed by atoms with van der Waals surface area (Å²) in [4.78, 5) is 10.2. The molecule has 0 spiro atoms. The van der Waals surface area contributed by atoms with Crippen LogP contribution in [0.5, 0.6) is 0 Å². The fourth-order valence-corrected chi connectivity index (χ4v) is 1.18. The molecule has 0 aliphatic carbocycles. The van der Waals surface area contributed by atoms with Gasteiger partial charge in [0.15, 0.2) is 0 Å². The Kier molecular flexibility index (Phi) is 1.80. The third-order valence-corrected chi connectivity index (χ3v) is 1.78. The van der Waals surface area contributed by atoms with Crippen LogP contribution < -0.4 is 10.6 Å². The molecule has 0 aromatic heterocycles. The topological polar surface area (TPSA) is 61.4 Å². The average Bonchev–Trinajstić information content (AvgIpc) is 2.12. The van der Waals surface area contributed by atoms with Crippen molar-refractivity contribution in [2.24, 2.45) is 0 Å². The van der Waals surface area contributed by atoms with Gasteiger partial charge in [0.25, 0.3) is 0 Å². The van der Waals surface area contributed by atoms with E-state index >= 15 is 0 Å². The van der Waals surface area contributed by atoms with Crippen molar-refractivity contribution < 1.29 is 9.90 Å². The molecule has 1 heterocycles. The number of carboxylic acid groups (broad SMARTS) is 1. The maximum Gasteiger partial charge on any atom is 0.405 e. The van der Waals surface area contributed by atoms with E-state index in [0.717, 1.165) is 19.5 Å². The Morgan fingerprint density at radius 3 is 2.90 bits per heavy atom. The van der Waals surface area contributed by atoms with Gasteiger partial charge in [-0.15, -0.1) is 0 Å². The summed E-state index contributed by atoms with van der Waals surface area (Å²) in [6.07, 6.45) is -0.0644. The molecule has 1 rings (SSSR count). The van der Waals surface area contributed by atoms with Crippen molar-refractivity contribution in [2.45, 2.75) is 18.9 Å². The summed E-state index contributed by atoms with van der Waals surface area (Å²) in [5.41, 5.74) is -0.244. The van der Waals surface area contributed by atoms with Crippen molar-refractivity contribution in [3.63, 3.8) is 0 Å². The first kappa shape index (κ1) is 7.34. The van der Waals surface area contributed by atoms with Gasteiger partial charge in [0, 0.05) is 6.54 Å². The standard InChI is InChI=1S/C6H12N2O2/c1-6(8-5(9)10)2-3-7-4-6/h7-8H,2-4H2,1H3,(H,9,10). The van der Waals surface area contributed by atoms with Crippen LogP contribution in [-0.2, 0) is 0 Å². The molecular weight excluding hydrogens is 132 g/mol. The summed E-state index contributed by atoms with van der Waals surface area (Å²) in [6, 6.07) is 0. The number of carbonyl (C=O) groups is 1. The average molecular weight is 144 g/mol.